The minimum Gasteiger partial charge on any atom is -0.457 e. The smallest absolute Gasteiger partial charge is 0.344 e. The Morgan fingerprint density at radius 3 is 2.49 bits per heavy atom. The van der Waals surface area contributed by atoms with Gasteiger partial charge in [0.05, 0.1) is 10.6 Å². The normalized spacial score (nSPS) is 11.2. The Kier molecular flexibility index (Phi) is 7.65. The molecule has 0 aliphatic carbocycles. The van der Waals surface area contributed by atoms with Gasteiger partial charge in [-0.1, -0.05) is 47.5 Å². The first kappa shape index (κ1) is 26.4. The quantitative estimate of drug-likeness (QED) is 0.126. The summed E-state index contributed by atoms with van der Waals surface area (Å²) in [5.74, 6) is 0.584. The van der Waals surface area contributed by atoms with Crippen molar-refractivity contribution in [1.82, 2.24) is 5.32 Å². The number of hydrogen-bond donors (Lipinski definition) is 2. The first-order valence-electron chi connectivity index (χ1n) is 11.8. The van der Waals surface area contributed by atoms with Crippen molar-refractivity contribution in [2.24, 2.45) is 0 Å². The van der Waals surface area contributed by atoms with E-state index in [-0.39, 0.29) is 5.11 Å². The molecular formula is C30H20Cl2N2O4S. The van der Waals surface area contributed by atoms with Gasteiger partial charge in [-0.2, -0.15) is 0 Å². The molecule has 6 nitrogen and oxygen atoms in total. The Bertz CT molecular complexity index is 1820. The lowest BCUT2D eigenvalue weighted by Gasteiger charge is -2.11. The minimum absolute atomic E-state index is 0.120. The van der Waals surface area contributed by atoms with Gasteiger partial charge >= 0.3 is 5.63 Å². The van der Waals surface area contributed by atoms with E-state index in [1.807, 2.05) is 43.3 Å². The number of fused-ring (bicyclic) bond motifs is 1. The van der Waals surface area contributed by atoms with Crippen LogP contribution in [0.2, 0.25) is 10.0 Å². The molecule has 0 bridgehead atoms. The van der Waals surface area contributed by atoms with E-state index in [1.165, 1.54) is 12.2 Å². The van der Waals surface area contributed by atoms with E-state index < -0.39 is 11.5 Å². The second-order valence-electron chi connectivity index (χ2n) is 8.62. The van der Waals surface area contributed by atoms with Crippen molar-refractivity contribution >= 4 is 69.2 Å². The van der Waals surface area contributed by atoms with Crippen molar-refractivity contribution in [3.8, 4) is 22.5 Å². The Labute approximate surface area is 238 Å². The first-order valence-corrected chi connectivity index (χ1v) is 12.9. The summed E-state index contributed by atoms with van der Waals surface area (Å²) >= 11 is 17.5. The number of aryl methyl sites for hydroxylation is 1. The predicted molar refractivity (Wildman–Crippen MR) is 160 cm³/mol. The van der Waals surface area contributed by atoms with Crippen LogP contribution in [-0.2, 0) is 4.79 Å². The maximum absolute atomic E-state index is 12.6. The highest BCUT2D eigenvalue weighted by Gasteiger charge is 2.12. The molecule has 0 radical (unpaired) electrons. The Morgan fingerprint density at radius 2 is 1.69 bits per heavy atom. The topological polar surface area (TPSA) is 84.5 Å². The second-order valence-corrected chi connectivity index (χ2v) is 9.87. The predicted octanol–water partition coefficient (Wildman–Crippen LogP) is 7.86. The van der Waals surface area contributed by atoms with Crippen LogP contribution < -0.4 is 16.3 Å². The number of amides is 1. The van der Waals surface area contributed by atoms with Crippen molar-refractivity contribution in [2.45, 2.75) is 6.92 Å². The van der Waals surface area contributed by atoms with Gasteiger partial charge in [0.25, 0.3) is 0 Å². The fraction of sp³-hybridized carbons (Fsp3) is 0.0333. The van der Waals surface area contributed by atoms with Crippen molar-refractivity contribution in [2.75, 3.05) is 5.32 Å². The zero-order chi connectivity index (χ0) is 27.5. The van der Waals surface area contributed by atoms with Gasteiger partial charge in [0.1, 0.15) is 17.1 Å². The van der Waals surface area contributed by atoms with Crippen LogP contribution in [0.1, 0.15) is 11.3 Å². The first-order chi connectivity index (χ1) is 18.8. The number of halogens is 2. The standard InChI is InChI=1S/C30H20Cl2N2O4S/c1-17-14-20(7-11-22(17)24-15-18-4-2-3-5-26(18)38-29(24)36)33-30(39)34-28(35)13-9-21-8-12-27(37-21)23-10-6-19(31)16-25(23)32/h2-16H,1H3,(H2,33,34,35,39)/b13-9+. The van der Waals surface area contributed by atoms with Crippen molar-refractivity contribution in [3.05, 3.63) is 117 Å². The SMILES string of the molecule is Cc1cc(NC(=S)NC(=O)/C=C/c2ccc(-c3ccc(Cl)cc3Cl)o2)ccc1-c1cc2ccccc2oc1=O. The highest BCUT2D eigenvalue weighted by Crippen LogP contribution is 2.32. The molecular weight excluding hydrogens is 555 g/mol. The van der Waals surface area contributed by atoms with Crippen LogP contribution in [0, 0.1) is 6.92 Å². The molecule has 1 amide bonds. The zero-order valence-corrected chi connectivity index (χ0v) is 22.8. The molecule has 9 heteroatoms. The van der Waals surface area contributed by atoms with Crippen LogP contribution in [0.25, 0.3) is 39.5 Å². The van der Waals surface area contributed by atoms with Crippen molar-refractivity contribution in [1.29, 1.82) is 0 Å². The van der Waals surface area contributed by atoms with Crippen LogP contribution in [0.3, 0.4) is 0 Å². The highest BCUT2D eigenvalue weighted by atomic mass is 35.5. The lowest BCUT2D eigenvalue weighted by atomic mass is 10.0. The van der Waals surface area contributed by atoms with Gasteiger partial charge in [-0.05, 0) is 90.9 Å². The largest absolute Gasteiger partial charge is 0.457 e. The molecule has 2 N–H and O–H groups in total. The summed E-state index contributed by atoms with van der Waals surface area (Å²) in [6, 6.07) is 23.2. The number of hydrogen-bond acceptors (Lipinski definition) is 5. The van der Waals surface area contributed by atoms with Crippen molar-refractivity contribution in [3.63, 3.8) is 0 Å². The third-order valence-electron chi connectivity index (χ3n) is 5.87. The molecule has 194 valence electrons. The lowest BCUT2D eigenvalue weighted by molar-refractivity contribution is -0.115. The average Bonchev–Trinajstić information content (AvgIpc) is 3.36. The highest BCUT2D eigenvalue weighted by molar-refractivity contribution is 7.80. The number of carbonyl (C=O) groups excluding carboxylic acids is 1. The number of thiocarbonyl (C=S) groups is 1. The zero-order valence-electron chi connectivity index (χ0n) is 20.5. The van der Waals surface area contributed by atoms with E-state index in [1.54, 1.807) is 42.5 Å². The summed E-state index contributed by atoms with van der Waals surface area (Å²) in [5.41, 5.74) is 3.53. The van der Waals surface area contributed by atoms with Gasteiger partial charge < -0.3 is 14.2 Å². The summed E-state index contributed by atoms with van der Waals surface area (Å²) < 4.78 is 11.2. The third-order valence-corrected chi connectivity index (χ3v) is 6.63. The third kappa shape index (κ3) is 6.12. The van der Waals surface area contributed by atoms with Gasteiger partial charge in [-0.15, -0.1) is 0 Å². The summed E-state index contributed by atoms with van der Waals surface area (Å²) in [7, 11) is 0. The number of rotatable bonds is 5. The van der Waals surface area contributed by atoms with E-state index in [0.29, 0.717) is 44.0 Å². The van der Waals surface area contributed by atoms with Crippen LogP contribution in [0.5, 0.6) is 0 Å². The van der Waals surface area contributed by atoms with E-state index in [9.17, 15) is 9.59 Å². The van der Waals surface area contributed by atoms with Crippen LogP contribution in [-0.4, -0.2) is 11.0 Å². The van der Waals surface area contributed by atoms with Crippen LogP contribution in [0.4, 0.5) is 5.69 Å². The molecule has 0 saturated carbocycles. The molecule has 0 unspecified atom stereocenters. The summed E-state index contributed by atoms with van der Waals surface area (Å²) in [5, 5.41) is 7.54. The molecule has 0 atom stereocenters. The van der Waals surface area contributed by atoms with Gasteiger partial charge in [-0.25, -0.2) is 4.79 Å². The number of para-hydroxylation sites is 1. The molecule has 2 heterocycles. The molecule has 2 aromatic heterocycles. The molecule has 39 heavy (non-hydrogen) atoms. The Morgan fingerprint density at radius 1 is 0.897 bits per heavy atom. The fourth-order valence-corrected chi connectivity index (χ4v) is 4.76. The fourth-order valence-electron chi connectivity index (χ4n) is 4.04. The van der Waals surface area contributed by atoms with Crippen LogP contribution in [0.15, 0.2) is 98.6 Å². The molecule has 0 fully saturated rings. The second kappa shape index (κ2) is 11.3. The number of furan rings is 1. The molecule has 3 aromatic carbocycles. The summed E-state index contributed by atoms with van der Waals surface area (Å²) in [4.78, 5) is 24.9. The number of nitrogens with one attached hydrogen (secondary N) is 2. The number of benzene rings is 3. The molecule has 5 rings (SSSR count). The lowest BCUT2D eigenvalue weighted by Crippen LogP contribution is -2.32. The maximum atomic E-state index is 12.6. The number of anilines is 1. The Hall–Kier alpha value is -4.17. The van der Waals surface area contributed by atoms with Gasteiger partial charge in [0.15, 0.2) is 5.11 Å². The van der Waals surface area contributed by atoms with Crippen molar-refractivity contribution < 1.29 is 13.6 Å². The van der Waals surface area contributed by atoms with E-state index in [4.69, 9.17) is 44.3 Å². The number of carbonyl (C=O) groups is 1. The molecule has 0 saturated heterocycles. The van der Waals surface area contributed by atoms with Gasteiger partial charge in [0, 0.05) is 27.7 Å². The molecule has 0 aliphatic rings. The Balaban J connectivity index is 1.22. The van der Waals surface area contributed by atoms with E-state index in [2.05, 4.69) is 10.6 Å². The van der Waals surface area contributed by atoms with Gasteiger partial charge in [-0.3, -0.25) is 10.1 Å². The van der Waals surface area contributed by atoms with E-state index in [0.717, 1.165) is 16.5 Å². The molecule has 5 aromatic rings. The van der Waals surface area contributed by atoms with Crippen LogP contribution >= 0.6 is 35.4 Å². The maximum Gasteiger partial charge on any atom is 0.344 e. The van der Waals surface area contributed by atoms with Gasteiger partial charge in [0.2, 0.25) is 5.91 Å². The summed E-state index contributed by atoms with van der Waals surface area (Å²) in [6.45, 7) is 1.88. The van der Waals surface area contributed by atoms with E-state index >= 15 is 0 Å². The monoisotopic (exact) mass is 574 g/mol. The summed E-state index contributed by atoms with van der Waals surface area (Å²) in [6.07, 6.45) is 2.84. The molecule has 0 spiro atoms. The molecule has 0 aliphatic heterocycles. The average molecular weight is 575 g/mol. The minimum atomic E-state index is -0.433.